The SMILES string of the molecule is COc1cc(Cl)c(C)cc1NC(=O)CN1CCN(c2nc(C)cs2)CC1. The average molecular weight is 395 g/mol. The number of nitrogens with one attached hydrogen (secondary N) is 1. The number of benzene rings is 1. The van der Waals surface area contributed by atoms with Gasteiger partial charge in [0.2, 0.25) is 5.91 Å². The van der Waals surface area contributed by atoms with Crippen molar-refractivity contribution < 1.29 is 9.53 Å². The number of methoxy groups -OCH3 is 1. The zero-order valence-electron chi connectivity index (χ0n) is 15.2. The van der Waals surface area contributed by atoms with Crippen molar-refractivity contribution in [3.63, 3.8) is 0 Å². The molecule has 1 aliphatic heterocycles. The molecule has 1 aliphatic rings. The van der Waals surface area contributed by atoms with Crippen LogP contribution >= 0.6 is 22.9 Å². The van der Waals surface area contributed by atoms with Crippen LogP contribution in [0.2, 0.25) is 5.02 Å². The fourth-order valence-corrected chi connectivity index (χ4v) is 3.92. The van der Waals surface area contributed by atoms with Crippen molar-refractivity contribution in [3.05, 3.63) is 33.8 Å². The Morgan fingerprint density at radius 1 is 1.31 bits per heavy atom. The summed E-state index contributed by atoms with van der Waals surface area (Å²) in [7, 11) is 1.57. The lowest BCUT2D eigenvalue weighted by Gasteiger charge is -2.34. The topological polar surface area (TPSA) is 57.7 Å². The third-order valence-electron chi connectivity index (χ3n) is 4.37. The molecule has 1 N–H and O–H groups in total. The van der Waals surface area contributed by atoms with Crippen molar-refractivity contribution in [1.82, 2.24) is 9.88 Å². The molecule has 140 valence electrons. The Morgan fingerprint density at radius 3 is 2.65 bits per heavy atom. The largest absolute Gasteiger partial charge is 0.495 e. The maximum absolute atomic E-state index is 12.4. The normalized spacial score (nSPS) is 15.2. The van der Waals surface area contributed by atoms with Gasteiger partial charge in [-0.25, -0.2) is 4.98 Å². The Hall–Kier alpha value is -1.83. The molecule has 0 spiro atoms. The number of anilines is 2. The minimum Gasteiger partial charge on any atom is -0.495 e. The van der Waals surface area contributed by atoms with E-state index in [2.05, 4.69) is 25.5 Å². The van der Waals surface area contributed by atoms with E-state index in [-0.39, 0.29) is 5.91 Å². The van der Waals surface area contributed by atoms with Crippen molar-refractivity contribution >= 4 is 39.7 Å². The van der Waals surface area contributed by atoms with Crippen molar-refractivity contribution in [1.29, 1.82) is 0 Å². The average Bonchev–Trinajstić information content (AvgIpc) is 3.05. The van der Waals surface area contributed by atoms with Gasteiger partial charge in [-0.3, -0.25) is 9.69 Å². The minimum absolute atomic E-state index is 0.0523. The maximum atomic E-state index is 12.4. The first-order valence-corrected chi connectivity index (χ1v) is 9.75. The number of hydrogen-bond donors (Lipinski definition) is 1. The van der Waals surface area contributed by atoms with Gasteiger partial charge in [-0.05, 0) is 25.5 Å². The first-order valence-electron chi connectivity index (χ1n) is 8.49. The Labute approximate surface area is 162 Å². The lowest BCUT2D eigenvalue weighted by molar-refractivity contribution is -0.117. The van der Waals surface area contributed by atoms with E-state index in [1.807, 2.05) is 19.9 Å². The highest BCUT2D eigenvalue weighted by atomic mass is 35.5. The second-order valence-electron chi connectivity index (χ2n) is 6.38. The smallest absolute Gasteiger partial charge is 0.238 e. The first-order chi connectivity index (χ1) is 12.5. The Balaban J connectivity index is 1.54. The summed E-state index contributed by atoms with van der Waals surface area (Å²) in [5, 5.41) is 6.68. The molecule has 2 aromatic rings. The van der Waals surface area contributed by atoms with Crippen LogP contribution in [0.15, 0.2) is 17.5 Å². The molecule has 1 saturated heterocycles. The quantitative estimate of drug-likeness (QED) is 0.844. The number of halogens is 1. The van der Waals surface area contributed by atoms with Crippen LogP contribution in [0.4, 0.5) is 10.8 Å². The molecule has 0 saturated carbocycles. The molecule has 26 heavy (non-hydrogen) atoms. The van der Waals surface area contributed by atoms with E-state index in [1.54, 1.807) is 24.5 Å². The summed E-state index contributed by atoms with van der Waals surface area (Å²) in [6.45, 7) is 7.69. The standard InChI is InChI=1S/C18H23ClN4O2S/c1-12-8-15(16(25-3)9-14(12)19)21-17(24)10-22-4-6-23(7-5-22)18-20-13(2)11-26-18/h8-9,11H,4-7,10H2,1-3H3,(H,21,24). The highest BCUT2D eigenvalue weighted by molar-refractivity contribution is 7.13. The van der Waals surface area contributed by atoms with Crippen molar-refractivity contribution in [2.45, 2.75) is 13.8 Å². The number of carbonyl (C=O) groups excluding carboxylic acids is 1. The number of carbonyl (C=O) groups is 1. The summed E-state index contributed by atoms with van der Waals surface area (Å²) >= 11 is 7.78. The highest BCUT2D eigenvalue weighted by Gasteiger charge is 2.21. The molecular weight excluding hydrogens is 372 g/mol. The molecule has 0 aliphatic carbocycles. The summed E-state index contributed by atoms with van der Waals surface area (Å²) in [6.07, 6.45) is 0. The number of hydrogen-bond acceptors (Lipinski definition) is 6. The number of piperazine rings is 1. The second-order valence-corrected chi connectivity index (χ2v) is 7.63. The molecule has 0 radical (unpaired) electrons. The van der Waals surface area contributed by atoms with Gasteiger partial charge >= 0.3 is 0 Å². The molecule has 0 bridgehead atoms. The fraction of sp³-hybridized carbons (Fsp3) is 0.444. The van der Waals surface area contributed by atoms with Gasteiger partial charge in [0.25, 0.3) is 0 Å². The number of aromatic nitrogens is 1. The van der Waals surface area contributed by atoms with Gasteiger partial charge in [0.15, 0.2) is 5.13 Å². The summed E-state index contributed by atoms with van der Waals surface area (Å²) < 4.78 is 5.31. The van der Waals surface area contributed by atoms with Gasteiger partial charge in [-0.15, -0.1) is 11.3 Å². The molecule has 0 unspecified atom stereocenters. The van der Waals surface area contributed by atoms with E-state index in [4.69, 9.17) is 16.3 Å². The Morgan fingerprint density at radius 2 is 2.04 bits per heavy atom. The lowest BCUT2D eigenvalue weighted by Crippen LogP contribution is -2.48. The number of nitrogens with zero attached hydrogens (tertiary/aromatic N) is 3. The van der Waals surface area contributed by atoms with Crippen LogP contribution in [0, 0.1) is 13.8 Å². The predicted molar refractivity (Wildman–Crippen MR) is 107 cm³/mol. The lowest BCUT2D eigenvalue weighted by atomic mass is 10.2. The zero-order valence-corrected chi connectivity index (χ0v) is 16.8. The van der Waals surface area contributed by atoms with Crippen molar-refractivity contribution in [2.24, 2.45) is 0 Å². The highest BCUT2D eigenvalue weighted by Crippen LogP contribution is 2.31. The Kier molecular flexibility index (Phi) is 6.01. The first kappa shape index (κ1) is 18.9. The summed E-state index contributed by atoms with van der Waals surface area (Å²) in [4.78, 5) is 21.4. The second kappa shape index (κ2) is 8.24. The monoisotopic (exact) mass is 394 g/mol. The van der Waals surface area contributed by atoms with Gasteiger partial charge < -0.3 is 15.0 Å². The maximum Gasteiger partial charge on any atom is 0.238 e. The number of amides is 1. The van der Waals surface area contributed by atoms with Crippen LogP contribution in [-0.4, -0.2) is 55.6 Å². The van der Waals surface area contributed by atoms with Gasteiger partial charge in [-0.1, -0.05) is 11.6 Å². The number of thiazole rings is 1. The Bertz CT molecular complexity index is 787. The minimum atomic E-state index is -0.0523. The van der Waals surface area contributed by atoms with E-state index in [1.165, 1.54) is 0 Å². The molecule has 8 heteroatoms. The number of aryl methyl sites for hydroxylation is 2. The van der Waals surface area contributed by atoms with Crippen LogP contribution < -0.4 is 15.0 Å². The molecule has 1 amide bonds. The van der Waals surface area contributed by atoms with E-state index >= 15 is 0 Å². The molecule has 0 atom stereocenters. The molecule has 3 rings (SSSR count). The van der Waals surface area contributed by atoms with Gasteiger partial charge in [0, 0.05) is 42.6 Å². The molecule has 2 heterocycles. The van der Waals surface area contributed by atoms with Gasteiger partial charge in [0.1, 0.15) is 5.75 Å². The summed E-state index contributed by atoms with van der Waals surface area (Å²) in [5.41, 5.74) is 2.60. The van der Waals surface area contributed by atoms with E-state index in [0.29, 0.717) is 23.0 Å². The predicted octanol–water partition coefficient (Wildman–Crippen LogP) is 3.18. The van der Waals surface area contributed by atoms with Crippen LogP contribution in [0.25, 0.3) is 0 Å². The van der Waals surface area contributed by atoms with E-state index in [9.17, 15) is 4.79 Å². The summed E-state index contributed by atoms with van der Waals surface area (Å²) in [6, 6.07) is 3.56. The fourth-order valence-electron chi connectivity index (χ4n) is 2.91. The molecule has 6 nitrogen and oxygen atoms in total. The third kappa shape index (κ3) is 4.47. The van der Waals surface area contributed by atoms with Crippen LogP contribution in [-0.2, 0) is 4.79 Å². The van der Waals surface area contributed by atoms with Crippen LogP contribution in [0.5, 0.6) is 5.75 Å². The number of ether oxygens (including phenoxy) is 1. The molecule has 1 aromatic carbocycles. The third-order valence-corrected chi connectivity index (χ3v) is 5.80. The molecule has 1 aromatic heterocycles. The van der Waals surface area contributed by atoms with Gasteiger partial charge in [-0.2, -0.15) is 0 Å². The molecular formula is C18H23ClN4O2S. The van der Waals surface area contributed by atoms with E-state index < -0.39 is 0 Å². The zero-order chi connectivity index (χ0) is 18.7. The summed E-state index contributed by atoms with van der Waals surface area (Å²) in [5.74, 6) is 0.515. The number of rotatable bonds is 5. The van der Waals surface area contributed by atoms with Crippen LogP contribution in [0.1, 0.15) is 11.3 Å². The van der Waals surface area contributed by atoms with Crippen molar-refractivity contribution in [2.75, 3.05) is 50.1 Å². The van der Waals surface area contributed by atoms with Gasteiger partial charge in [0.05, 0.1) is 25.0 Å². The van der Waals surface area contributed by atoms with E-state index in [0.717, 1.165) is 42.6 Å². The van der Waals surface area contributed by atoms with Crippen molar-refractivity contribution in [3.8, 4) is 5.75 Å². The molecule has 1 fully saturated rings. The van der Waals surface area contributed by atoms with Crippen LogP contribution in [0.3, 0.4) is 0 Å².